The number of nitrogens with zero attached hydrogens (tertiary/aromatic N) is 3. The molecule has 7 heteroatoms. The molecule has 1 aromatic heterocycles. The first kappa shape index (κ1) is 18.8. The van der Waals surface area contributed by atoms with E-state index in [9.17, 15) is 18.4 Å². The van der Waals surface area contributed by atoms with Gasteiger partial charge in [-0.2, -0.15) is 23.5 Å². The molecule has 0 saturated heterocycles. The van der Waals surface area contributed by atoms with Gasteiger partial charge in [-0.05, 0) is 52.8 Å². The summed E-state index contributed by atoms with van der Waals surface area (Å²) in [5, 5.41) is 16.8. The van der Waals surface area contributed by atoms with Crippen molar-refractivity contribution in [3.63, 3.8) is 0 Å². The number of hydrogen-bond donors (Lipinski definition) is 1. The molecule has 1 unspecified atom stereocenters. The van der Waals surface area contributed by atoms with Crippen LogP contribution in [0.2, 0.25) is 0 Å². The van der Waals surface area contributed by atoms with Gasteiger partial charge in [0.2, 0.25) is 0 Å². The van der Waals surface area contributed by atoms with E-state index in [0.717, 1.165) is 23.4 Å². The first-order chi connectivity index (χ1) is 11.4. The van der Waals surface area contributed by atoms with E-state index < -0.39 is 11.7 Å². The Bertz CT molecular complexity index is 807. The van der Waals surface area contributed by atoms with Crippen molar-refractivity contribution in [2.45, 2.75) is 52.4 Å². The largest absolute Gasteiger partial charge is 0.416 e. The van der Waals surface area contributed by atoms with Gasteiger partial charge in [0, 0.05) is 11.8 Å². The van der Waals surface area contributed by atoms with Crippen LogP contribution in [-0.4, -0.2) is 9.78 Å². The van der Waals surface area contributed by atoms with Crippen molar-refractivity contribution in [2.24, 2.45) is 0 Å². The fourth-order valence-corrected chi connectivity index (χ4v) is 2.49. The number of benzene rings is 1. The normalized spacial score (nSPS) is 13.4. The number of aryl methyl sites for hydroxylation is 1. The minimum atomic E-state index is -4.47. The minimum absolute atomic E-state index is 0.0393. The average molecular weight is 350 g/mol. The second-order valence-electron chi connectivity index (χ2n) is 7.02. The summed E-state index contributed by atoms with van der Waals surface area (Å²) in [6, 6.07) is 4.75. The number of nitriles is 1. The molecular weight excluding hydrogens is 329 g/mol. The average Bonchev–Trinajstić information content (AvgIpc) is 2.88. The van der Waals surface area contributed by atoms with Gasteiger partial charge in [-0.25, -0.2) is 0 Å². The highest BCUT2D eigenvalue weighted by atomic mass is 19.4. The molecule has 1 N–H and O–H groups in total. The van der Waals surface area contributed by atoms with Gasteiger partial charge < -0.3 is 5.32 Å². The third-order valence-corrected chi connectivity index (χ3v) is 3.93. The van der Waals surface area contributed by atoms with E-state index in [0.29, 0.717) is 5.69 Å². The Morgan fingerprint density at radius 1 is 1.24 bits per heavy atom. The lowest BCUT2D eigenvalue weighted by atomic mass is 10.1. The maximum atomic E-state index is 12.8. The van der Waals surface area contributed by atoms with Gasteiger partial charge in [-0.3, -0.25) is 4.68 Å². The monoisotopic (exact) mass is 350 g/mol. The van der Waals surface area contributed by atoms with Crippen LogP contribution < -0.4 is 5.32 Å². The van der Waals surface area contributed by atoms with Gasteiger partial charge in [-0.15, -0.1) is 0 Å². The molecule has 0 aliphatic heterocycles. The molecule has 2 rings (SSSR count). The summed E-state index contributed by atoms with van der Waals surface area (Å²) in [5.74, 6) is 0. The SMILES string of the molecule is Cc1nn(C(C)(C)C)cc1C(C)Nc1ccc(C(F)(F)F)cc1C#N. The third kappa shape index (κ3) is 4.13. The lowest BCUT2D eigenvalue weighted by Crippen LogP contribution is -2.22. The summed E-state index contributed by atoms with van der Waals surface area (Å²) in [4.78, 5) is 0. The Hall–Kier alpha value is -2.49. The van der Waals surface area contributed by atoms with E-state index in [1.54, 1.807) is 0 Å². The number of aromatic nitrogens is 2. The van der Waals surface area contributed by atoms with Gasteiger partial charge in [-0.1, -0.05) is 0 Å². The molecule has 0 spiro atoms. The van der Waals surface area contributed by atoms with E-state index in [1.165, 1.54) is 6.07 Å². The van der Waals surface area contributed by atoms with E-state index in [2.05, 4.69) is 10.4 Å². The van der Waals surface area contributed by atoms with Crippen molar-refractivity contribution in [3.8, 4) is 6.07 Å². The number of hydrogen-bond acceptors (Lipinski definition) is 3. The summed E-state index contributed by atoms with van der Waals surface area (Å²) >= 11 is 0. The second kappa shape index (κ2) is 6.43. The van der Waals surface area contributed by atoms with Crippen LogP contribution in [0.3, 0.4) is 0 Å². The molecule has 0 radical (unpaired) electrons. The van der Waals surface area contributed by atoms with Crippen molar-refractivity contribution in [1.29, 1.82) is 5.26 Å². The molecule has 0 bridgehead atoms. The van der Waals surface area contributed by atoms with Gasteiger partial charge in [0.25, 0.3) is 0 Å². The molecule has 0 aliphatic carbocycles. The maximum Gasteiger partial charge on any atom is 0.416 e. The first-order valence-electron chi connectivity index (χ1n) is 7.88. The van der Waals surface area contributed by atoms with Crippen molar-refractivity contribution < 1.29 is 13.2 Å². The van der Waals surface area contributed by atoms with Crippen LogP contribution in [0, 0.1) is 18.3 Å². The molecule has 0 fully saturated rings. The smallest absolute Gasteiger partial charge is 0.377 e. The first-order valence-corrected chi connectivity index (χ1v) is 7.88. The van der Waals surface area contributed by atoms with Crippen LogP contribution in [-0.2, 0) is 11.7 Å². The molecule has 0 amide bonds. The Labute approximate surface area is 145 Å². The molecule has 4 nitrogen and oxygen atoms in total. The topological polar surface area (TPSA) is 53.6 Å². The Kier molecular flexibility index (Phi) is 4.85. The minimum Gasteiger partial charge on any atom is -0.377 e. The number of alkyl halides is 3. The number of nitrogens with one attached hydrogen (secondary N) is 1. The van der Waals surface area contributed by atoms with E-state index in [-0.39, 0.29) is 17.1 Å². The second-order valence-corrected chi connectivity index (χ2v) is 7.02. The molecule has 134 valence electrons. The van der Waals surface area contributed by atoms with Gasteiger partial charge >= 0.3 is 6.18 Å². The summed E-state index contributed by atoms with van der Waals surface area (Å²) in [6.45, 7) is 9.87. The predicted molar refractivity (Wildman–Crippen MR) is 90.2 cm³/mol. The zero-order valence-electron chi connectivity index (χ0n) is 14.9. The van der Waals surface area contributed by atoms with Crippen molar-refractivity contribution >= 4 is 5.69 Å². The highest BCUT2D eigenvalue weighted by Gasteiger charge is 2.31. The highest BCUT2D eigenvalue weighted by molar-refractivity contribution is 5.60. The van der Waals surface area contributed by atoms with Gasteiger partial charge in [0.1, 0.15) is 6.07 Å². The Balaban J connectivity index is 2.31. The number of halogens is 3. The van der Waals surface area contributed by atoms with E-state index >= 15 is 0 Å². The molecule has 1 atom stereocenters. The molecule has 2 aromatic rings. The van der Waals surface area contributed by atoms with E-state index in [1.807, 2.05) is 51.6 Å². The number of rotatable bonds is 3. The Morgan fingerprint density at radius 3 is 2.36 bits per heavy atom. The highest BCUT2D eigenvalue weighted by Crippen LogP contribution is 2.33. The van der Waals surface area contributed by atoms with Crippen LogP contribution in [0.1, 0.15) is 56.1 Å². The lowest BCUT2D eigenvalue weighted by molar-refractivity contribution is -0.137. The predicted octanol–water partition coefficient (Wildman–Crippen LogP) is 5.01. The molecule has 25 heavy (non-hydrogen) atoms. The summed E-state index contributed by atoms with van der Waals surface area (Å²) < 4.78 is 40.2. The summed E-state index contributed by atoms with van der Waals surface area (Å²) in [6.07, 6.45) is -2.55. The van der Waals surface area contributed by atoms with Crippen LogP contribution in [0.5, 0.6) is 0 Å². The fourth-order valence-electron chi connectivity index (χ4n) is 2.49. The van der Waals surface area contributed by atoms with Crippen LogP contribution in [0.4, 0.5) is 18.9 Å². The number of anilines is 1. The quantitative estimate of drug-likeness (QED) is 0.846. The molecule has 0 aliphatic rings. The van der Waals surface area contributed by atoms with Gasteiger partial charge in [0.15, 0.2) is 0 Å². The van der Waals surface area contributed by atoms with Gasteiger partial charge in [0.05, 0.1) is 34.1 Å². The van der Waals surface area contributed by atoms with Crippen molar-refractivity contribution in [1.82, 2.24) is 9.78 Å². The molecule has 1 aromatic carbocycles. The van der Waals surface area contributed by atoms with E-state index in [4.69, 9.17) is 0 Å². The maximum absolute atomic E-state index is 12.8. The Morgan fingerprint density at radius 2 is 1.88 bits per heavy atom. The zero-order valence-corrected chi connectivity index (χ0v) is 14.9. The van der Waals surface area contributed by atoms with Crippen LogP contribution in [0.25, 0.3) is 0 Å². The standard InChI is InChI=1S/C18H21F3N4/c1-11(15-10-25(17(3,4)5)24-12(15)2)23-16-7-6-14(18(19,20)21)8-13(16)9-22/h6-8,10-11,23H,1-5H3. The third-order valence-electron chi connectivity index (χ3n) is 3.93. The zero-order chi connectivity index (χ0) is 19.0. The van der Waals surface area contributed by atoms with Crippen LogP contribution >= 0.6 is 0 Å². The molecule has 0 saturated carbocycles. The van der Waals surface area contributed by atoms with Crippen LogP contribution in [0.15, 0.2) is 24.4 Å². The molecular formula is C18H21F3N4. The summed E-state index contributed by atoms with van der Waals surface area (Å²) in [5.41, 5.74) is 1.08. The fraction of sp³-hybridized carbons (Fsp3) is 0.444. The summed E-state index contributed by atoms with van der Waals surface area (Å²) in [7, 11) is 0. The van der Waals surface area contributed by atoms with Crippen molar-refractivity contribution in [2.75, 3.05) is 5.32 Å². The van der Waals surface area contributed by atoms with Crippen molar-refractivity contribution in [3.05, 3.63) is 46.8 Å². The lowest BCUT2D eigenvalue weighted by Gasteiger charge is -2.19. The molecule has 1 heterocycles.